The van der Waals surface area contributed by atoms with Crippen molar-refractivity contribution in [2.24, 2.45) is 11.3 Å². The predicted octanol–water partition coefficient (Wildman–Crippen LogP) is 4.91. The van der Waals surface area contributed by atoms with Crippen molar-refractivity contribution >= 4 is 52.8 Å². The number of benzene rings is 1. The molecule has 50 heavy (non-hydrogen) atoms. The molecule has 1 aliphatic heterocycles. The summed E-state index contributed by atoms with van der Waals surface area (Å²) < 4.78 is 6.00. The maximum Gasteiger partial charge on any atom is 0.414 e. The third-order valence-electron chi connectivity index (χ3n) is 9.86. The highest BCUT2D eigenvalue weighted by Crippen LogP contribution is 2.35. The van der Waals surface area contributed by atoms with E-state index in [0.29, 0.717) is 23.6 Å². The number of nitrogens with one attached hydrogen (secondary N) is 3. The van der Waals surface area contributed by atoms with Crippen LogP contribution in [0.4, 0.5) is 10.5 Å². The zero-order valence-electron chi connectivity index (χ0n) is 30.3. The van der Waals surface area contributed by atoms with Crippen molar-refractivity contribution in [2.45, 2.75) is 135 Å². The summed E-state index contributed by atoms with van der Waals surface area (Å²) >= 11 is 6.14. The fraction of sp³-hybridized carbons (Fsp3) is 0.676. The SMILES string of the molecule is CCC[C@H](NC(=O)[C@@H]1C[C@](C)(OC(=O)N(C)c2cccc(Cl)c2)CN1C(=O)[C@@H](NC(=O)CC1CCCCC1)C(C)(C)C)C(=O)C(=O)NC1CC1. The Balaban J connectivity index is 1.59. The van der Waals surface area contributed by atoms with E-state index in [0.717, 1.165) is 44.9 Å². The quantitative estimate of drug-likeness (QED) is 0.246. The normalized spacial score (nSPS) is 22.2. The molecule has 0 bridgehead atoms. The smallest absolute Gasteiger partial charge is 0.414 e. The van der Waals surface area contributed by atoms with Gasteiger partial charge in [0.1, 0.15) is 17.7 Å². The number of Topliss-reactive ketones (excluding diaryl/α,β-unsaturated/α-hetero) is 1. The second-order valence-corrected chi connectivity index (χ2v) is 16.0. The first-order valence-corrected chi connectivity index (χ1v) is 18.4. The first kappa shape index (κ1) is 39.1. The van der Waals surface area contributed by atoms with Crippen LogP contribution < -0.4 is 20.9 Å². The molecule has 4 atom stereocenters. The number of nitrogens with zero attached hydrogens (tertiary/aromatic N) is 2. The molecule has 0 spiro atoms. The standard InChI is InChI=1S/C37H54ClN5O7/c1-7-12-27(30(45)33(47)39-25-17-18-25)40-32(46)28-21-37(5,50-35(49)42(6)26-16-11-15-24(38)20-26)22-43(28)34(48)31(36(2,3)4)41-29(44)19-23-13-9-8-10-14-23/h11,15-16,20,23,25,27-28,31H,7-10,12-14,17-19,21-22H2,1-6H3,(H,39,47)(H,40,46)(H,41,44)/t27-,28-,31+,37-/m0/s1. The number of carbonyl (C=O) groups excluding carboxylic acids is 6. The van der Waals surface area contributed by atoms with Crippen molar-refractivity contribution in [2.75, 3.05) is 18.5 Å². The first-order chi connectivity index (χ1) is 23.5. The van der Waals surface area contributed by atoms with E-state index in [-0.39, 0.29) is 37.3 Å². The van der Waals surface area contributed by atoms with Gasteiger partial charge in [0.25, 0.3) is 5.91 Å². The van der Waals surface area contributed by atoms with Gasteiger partial charge in [0.2, 0.25) is 23.5 Å². The number of amides is 5. The minimum absolute atomic E-state index is 0.0320. The van der Waals surface area contributed by atoms with Gasteiger partial charge >= 0.3 is 6.09 Å². The number of hydrogen-bond donors (Lipinski definition) is 3. The molecule has 0 unspecified atom stereocenters. The zero-order chi connectivity index (χ0) is 36.8. The highest BCUT2D eigenvalue weighted by Gasteiger charge is 2.52. The number of carbonyl (C=O) groups is 6. The Morgan fingerprint density at radius 3 is 2.32 bits per heavy atom. The van der Waals surface area contributed by atoms with Gasteiger partial charge in [-0.15, -0.1) is 0 Å². The number of halogens is 1. The van der Waals surface area contributed by atoms with Crippen LogP contribution in [0.25, 0.3) is 0 Å². The molecule has 13 heteroatoms. The van der Waals surface area contributed by atoms with Crippen molar-refractivity contribution < 1.29 is 33.5 Å². The van der Waals surface area contributed by atoms with Gasteiger partial charge in [-0.3, -0.25) is 28.9 Å². The van der Waals surface area contributed by atoms with Gasteiger partial charge in [-0.2, -0.15) is 0 Å². The molecule has 1 aromatic carbocycles. The minimum atomic E-state index is -1.32. The van der Waals surface area contributed by atoms with Gasteiger partial charge in [-0.25, -0.2) is 4.79 Å². The van der Waals surface area contributed by atoms with Crippen LogP contribution >= 0.6 is 11.6 Å². The highest BCUT2D eigenvalue weighted by atomic mass is 35.5. The lowest BCUT2D eigenvalue weighted by Gasteiger charge is -2.36. The summed E-state index contributed by atoms with van der Waals surface area (Å²) in [5.41, 5.74) is -1.56. The summed E-state index contributed by atoms with van der Waals surface area (Å²) in [6, 6.07) is 3.42. The molecule has 2 aliphatic carbocycles. The molecule has 2 saturated carbocycles. The molecular weight excluding hydrogens is 662 g/mol. The molecule has 1 saturated heterocycles. The Labute approximate surface area is 300 Å². The number of ether oxygens (including phenoxy) is 1. The average molecular weight is 716 g/mol. The summed E-state index contributed by atoms with van der Waals surface area (Å²) in [5.74, 6) is -2.60. The van der Waals surface area contributed by atoms with Gasteiger partial charge in [0, 0.05) is 36.6 Å². The van der Waals surface area contributed by atoms with Gasteiger partial charge in [-0.05, 0) is 68.6 Å². The molecular formula is C37H54ClN5O7. The number of hydrogen-bond acceptors (Lipinski definition) is 7. The third kappa shape index (κ3) is 10.4. The van der Waals surface area contributed by atoms with E-state index in [1.165, 1.54) is 16.8 Å². The Kier molecular flexibility index (Phi) is 13.0. The van der Waals surface area contributed by atoms with E-state index in [4.69, 9.17) is 16.3 Å². The van der Waals surface area contributed by atoms with E-state index in [1.807, 2.05) is 27.7 Å². The van der Waals surface area contributed by atoms with Crippen LogP contribution in [-0.2, 0) is 28.7 Å². The fourth-order valence-electron chi connectivity index (χ4n) is 6.82. The van der Waals surface area contributed by atoms with Crippen LogP contribution in [0.3, 0.4) is 0 Å². The first-order valence-electron chi connectivity index (χ1n) is 18.0. The van der Waals surface area contributed by atoms with Crippen LogP contribution in [0, 0.1) is 11.3 Å². The lowest BCUT2D eigenvalue weighted by molar-refractivity contribution is -0.145. The van der Waals surface area contributed by atoms with E-state index in [9.17, 15) is 28.8 Å². The Morgan fingerprint density at radius 2 is 1.72 bits per heavy atom. The molecule has 12 nitrogen and oxygen atoms in total. The minimum Gasteiger partial charge on any atom is -0.441 e. The Bertz CT molecular complexity index is 1440. The lowest BCUT2D eigenvalue weighted by atomic mass is 9.84. The highest BCUT2D eigenvalue weighted by molar-refractivity contribution is 6.38. The van der Waals surface area contributed by atoms with Crippen LogP contribution in [0.5, 0.6) is 0 Å². The molecule has 1 heterocycles. The number of anilines is 1. The Hall–Kier alpha value is -3.67. The lowest BCUT2D eigenvalue weighted by Crippen LogP contribution is -2.59. The maximum absolute atomic E-state index is 14.5. The van der Waals surface area contributed by atoms with Crippen LogP contribution in [0.1, 0.15) is 105 Å². The molecule has 5 amide bonds. The van der Waals surface area contributed by atoms with Crippen molar-refractivity contribution in [3.8, 4) is 0 Å². The van der Waals surface area contributed by atoms with Crippen molar-refractivity contribution in [1.82, 2.24) is 20.9 Å². The monoisotopic (exact) mass is 715 g/mol. The summed E-state index contributed by atoms with van der Waals surface area (Å²) in [7, 11) is 1.53. The molecule has 3 fully saturated rings. The van der Waals surface area contributed by atoms with E-state index in [1.54, 1.807) is 31.2 Å². The van der Waals surface area contributed by atoms with Crippen molar-refractivity contribution in [3.63, 3.8) is 0 Å². The second-order valence-electron chi connectivity index (χ2n) is 15.6. The average Bonchev–Trinajstić information content (AvgIpc) is 3.80. The number of rotatable bonds is 13. The summed E-state index contributed by atoms with van der Waals surface area (Å²) in [5, 5.41) is 8.84. The zero-order valence-corrected chi connectivity index (χ0v) is 31.1. The molecule has 0 radical (unpaired) electrons. The maximum atomic E-state index is 14.5. The van der Waals surface area contributed by atoms with Crippen LogP contribution in [0.15, 0.2) is 24.3 Å². The van der Waals surface area contributed by atoms with E-state index < -0.39 is 58.7 Å². The largest absolute Gasteiger partial charge is 0.441 e. The van der Waals surface area contributed by atoms with Gasteiger partial charge < -0.3 is 25.6 Å². The summed E-state index contributed by atoms with van der Waals surface area (Å²) in [6.45, 7) is 8.88. The van der Waals surface area contributed by atoms with Crippen LogP contribution in [-0.4, -0.2) is 83.8 Å². The topological polar surface area (TPSA) is 154 Å². The summed E-state index contributed by atoms with van der Waals surface area (Å²) in [4.78, 5) is 83.8. The molecule has 276 valence electrons. The van der Waals surface area contributed by atoms with Gasteiger partial charge in [0.05, 0.1) is 12.6 Å². The molecule has 0 aromatic heterocycles. The van der Waals surface area contributed by atoms with E-state index >= 15 is 0 Å². The Morgan fingerprint density at radius 1 is 1.04 bits per heavy atom. The number of likely N-dealkylation sites (tertiary alicyclic amines) is 1. The number of ketones is 1. The van der Waals surface area contributed by atoms with E-state index in [2.05, 4.69) is 16.0 Å². The van der Waals surface area contributed by atoms with Crippen LogP contribution in [0.2, 0.25) is 5.02 Å². The molecule has 4 rings (SSSR count). The molecule has 3 aliphatic rings. The summed E-state index contributed by atoms with van der Waals surface area (Å²) in [6.07, 6.45) is 7.15. The third-order valence-corrected chi connectivity index (χ3v) is 10.1. The fourth-order valence-corrected chi connectivity index (χ4v) is 7.00. The molecule has 3 N–H and O–H groups in total. The van der Waals surface area contributed by atoms with Gasteiger partial charge in [-0.1, -0.05) is 71.0 Å². The predicted molar refractivity (Wildman–Crippen MR) is 190 cm³/mol. The molecule has 1 aromatic rings. The van der Waals surface area contributed by atoms with Crippen molar-refractivity contribution in [1.29, 1.82) is 0 Å². The van der Waals surface area contributed by atoms with Crippen molar-refractivity contribution in [3.05, 3.63) is 29.3 Å². The van der Waals surface area contributed by atoms with Gasteiger partial charge in [0.15, 0.2) is 0 Å². The second kappa shape index (κ2) is 16.6.